The molecule has 94 valence electrons. The van der Waals surface area contributed by atoms with Crippen molar-refractivity contribution in [3.8, 4) is 0 Å². The highest BCUT2D eigenvalue weighted by Gasteiger charge is 2.22. The zero-order valence-electron chi connectivity index (χ0n) is 10.6. The summed E-state index contributed by atoms with van der Waals surface area (Å²) in [6.07, 6.45) is 2.96. The molecule has 0 aromatic heterocycles. The molecule has 1 heterocycles. The first-order valence-electron chi connectivity index (χ1n) is 6.30. The monoisotopic (exact) mass is 228 g/mol. The largest absolute Gasteiger partial charge is 0.364 e. The Morgan fingerprint density at radius 2 is 2.31 bits per heavy atom. The van der Waals surface area contributed by atoms with Crippen molar-refractivity contribution in [3.05, 3.63) is 0 Å². The minimum Gasteiger partial charge on any atom is -0.364 e. The van der Waals surface area contributed by atoms with Crippen molar-refractivity contribution in [2.24, 2.45) is 0 Å². The van der Waals surface area contributed by atoms with E-state index >= 15 is 0 Å². The lowest BCUT2D eigenvalue weighted by atomic mass is 10.2. The van der Waals surface area contributed by atoms with E-state index < -0.39 is 0 Å². The maximum Gasteiger partial charge on any atom is 0.249 e. The highest BCUT2D eigenvalue weighted by atomic mass is 16.5. The minimum absolute atomic E-state index is 0.00727. The minimum atomic E-state index is -0.343. The zero-order chi connectivity index (χ0) is 12.0. The number of amides is 1. The molecule has 0 spiro atoms. The average molecular weight is 228 g/mol. The smallest absolute Gasteiger partial charge is 0.249 e. The first-order valence-corrected chi connectivity index (χ1v) is 6.30. The summed E-state index contributed by atoms with van der Waals surface area (Å²) in [6, 6.07) is 0.241. The fourth-order valence-electron chi connectivity index (χ4n) is 1.96. The molecule has 16 heavy (non-hydrogen) atoms. The van der Waals surface area contributed by atoms with Gasteiger partial charge in [-0.25, -0.2) is 0 Å². The number of hydrogen-bond acceptors (Lipinski definition) is 3. The molecule has 3 atom stereocenters. The van der Waals surface area contributed by atoms with Gasteiger partial charge in [-0.15, -0.1) is 0 Å². The van der Waals surface area contributed by atoms with Gasteiger partial charge in [0.05, 0.1) is 6.10 Å². The van der Waals surface area contributed by atoms with Crippen molar-refractivity contribution in [1.82, 2.24) is 10.6 Å². The molecule has 1 saturated heterocycles. The van der Waals surface area contributed by atoms with E-state index in [4.69, 9.17) is 4.74 Å². The van der Waals surface area contributed by atoms with Gasteiger partial charge >= 0.3 is 0 Å². The topological polar surface area (TPSA) is 50.4 Å². The maximum atomic E-state index is 11.8. The van der Waals surface area contributed by atoms with Crippen molar-refractivity contribution in [1.29, 1.82) is 0 Å². The molecule has 1 amide bonds. The predicted molar refractivity (Wildman–Crippen MR) is 64.3 cm³/mol. The van der Waals surface area contributed by atoms with Crippen molar-refractivity contribution in [2.45, 2.75) is 58.3 Å². The van der Waals surface area contributed by atoms with Gasteiger partial charge in [0.1, 0.15) is 6.10 Å². The second-order valence-electron chi connectivity index (χ2n) is 4.59. The number of rotatable bonds is 6. The fourth-order valence-corrected chi connectivity index (χ4v) is 1.96. The Kier molecular flexibility index (Phi) is 5.77. The Bertz CT molecular complexity index is 215. The van der Waals surface area contributed by atoms with Gasteiger partial charge in [-0.2, -0.15) is 0 Å². The van der Waals surface area contributed by atoms with Crippen molar-refractivity contribution < 1.29 is 9.53 Å². The molecule has 4 heteroatoms. The number of nitrogens with one attached hydrogen (secondary N) is 2. The lowest BCUT2D eigenvalue weighted by molar-refractivity contribution is -0.135. The van der Waals surface area contributed by atoms with Crippen molar-refractivity contribution in [2.75, 3.05) is 13.1 Å². The molecule has 0 radical (unpaired) electrons. The summed E-state index contributed by atoms with van der Waals surface area (Å²) in [5.41, 5.74) is 0. The van der Waals surface area contributed by atoms with Gasteiger partial charge in [-0.3, -0.25) is 4.79 Å². The third kappa shape index (κ3) is 4.49. The van der Waals surface area contributed by atoms with Crippen molar-refractivity contribution >= 4 is 5.91 Å². The molecular formula is C12H24N2O2. The quantitative estimate of drug-likeness (QED) is 0.714. The van der Waals surface area contributed by atoms with Gasteiger partial charge in [0.25, 0.3) is 0 Å². The Labute approximate surface area is 98.1 Å². The van der Waals surface area contributed by atoms with Gasteiger partial charge < -0.3 is 15.4 Å². The molecular weight excluding hydrogens is 204 g/mol. The standard InChI is InChI=1S/C12H24N2O2/c1-4-5-9(2)14-12(15)10(3)16-11-6-7-13-8-11/h9-11,13H,4-8H2,1-3H3,(H,14,15). The molecule has 3 unspecified atom stereocenters. The van der Waals surface area contributed by atoms with E-state index in [9.17, 15) is 4.79 Å². The lowest BCUT2D eigenvalue weighted by Crippen LogP contribution is -2.41. The van der Waals surface area contributed by atoms with Crippen LogP contribution in [0.1, 0.15) is 40.0 Å². The first kappa shape index (κ1) is 13.5. The molecule has 0 saturated carbocycles. The Morgan fingerprint density at radius 3 is 2.88 bits per heavy atom. The third-order valence-electron chi connectivity index (χ3n) is 2.89. The molecule has 1 aliphatic heterocycles. The normalized spacial score (nSPS) is 24.1. The van der Waals surface area contributed by atoms with E-state index in [2.05, 4.69) is 17.6 Å². The summed E-state index contributed by atoms with van der Waals surface area (Å²) in [5.74, 6) is 0.00727. The van der Waals surface area contributed by atoms with Gasteiger partial charge in [0.2, 0.25) is 5.91 Å². The van der Waals surface area contributed by atoms with Crippen LogP contribution in [0.15, 0.2) is 0 Å². The van der Waals surface area contributed by atoms with Crippen LogP contribution in [-0.4, -0.2) is 37.2 Å². The molecule has 4 nitrogen and oxygen atoms in total. The highest BCUT2D eigenvalue weighted by Crippen LogP contribution is 2.07. The van der Waals surface area contributed by atoms with E-state index in [-0.39, 0.29) is 24.2 Å². The van der Waals surface area contributed by atoms with Crippen LogP contribution in [0.4, 0.5) is 0 Å². The Hall–Kier alpha value is -0.610. The third-order valence-corrected chi connectivity index (χ3v) is 2.89. The highest BCUT2D eigenvalue weighted by molar-refractivity contribution is 5.80. The molecule has 1 aliphatic rings. The molecule has 0 bridgehead atoms. The molecule has 2 N–H and O–H groups in total. The second-order valence-corrected chi connectivity index (χ2v) is 4.59. The maximum absolute atomic E-state index is 11.8. The number of ether oxygens (including phenoxy) is 1. The van der Waals surface area contributed by atoms with Crippen LogP contribution in [0.3, 0.4) is 0 Å². The van der Waals surface area contributed by atoms with Crippen LogP contribution >= 0.6 is 0 Å². The summed E-state index contributed by atoms with van der Waals surface area (Å²) in [6.45, 7) is 7.83. The van der Waals surface area contributed by atoms with Gasteiger partial charge in [0, 0.05) is 12.6 Å². The van der Waals surface area contributed by atoms with E-state index in [0.29, 0.717) is 0 Å². The molecule has 1 fully saturated rings. The zero-order valence-corrected chi connectivity index (χ0v) is 10.6. The summed E-state index contributed by atoms with van der Waals surface area (Å²) in [7, 11) is 0. The van der Waals surface area contributed by atoms with Crippen LogP contribution in [0.25, 0.3) is 0 Å². The lowest BCUT2D eigenvalue weighted by Gasteiger charge is -2.20. The average Bonchev–Trinajstić information content (AvgIpc) is 2.70. The fraction of sp³-hybridized carbons (Fsp3) is 0.917. The van der Waals surface area contributed by atoms with Crippen LogP contribution in [0.2, 0.25) is 0 Å². The number of carbonyl (C=O) groups excluding carboxylic acids is 1. The molecule has 1 rings (SSSR count). The molecule has 0 aromatic rings. The van der Waals surface area contributed by atoms with E-state index in [1.54, 1.807) is 0 Å². The number of carbonyl (C=O) groups is 1. The van der Waals surface area contributed by atoms with Crippen LogP contribution in [0, 0.1) is 0 Å². The SMILES string of the molecule is CCCC(C)NC(=O)C(C)OC1CCNC1. The van der Waals surface area contributed by atoms with Crippen LogP contribution in [-0.2, 0) is 9.53 Å². The summed E-state index contributed by atoms with van der Waals surface area (Å²) >= 11 is 0. The predicted octanol–water partition coefficient (Wildman–Crippen LogP) is 1.06. The Balaban J connectivity index is 2.23. The molecule has 0 aromatic carbocycles. The van der Waals surface area contributed by atoms with E-state index in [0.717, 1.165) is 32.4 Å². The van der Waals surface area contributed by atoms with Crippen molar-refractivity contribution in [3.63, 3.8) is 0 Å². The van der Waals surface area contributed by atoms with Gasteiger partial charge in [0.15, 0.2) is 0 Å². The Morgan fingerprint density at radius 1 is 1.56 bits per heavy atom. The van der Waals surface area contributed by atoms with Crippen LogP contribution < -0.4 is 10.6 Å². The van der Waals surface area contributed by atoms with E-state index in [1.165, 1.54) is 0 Å². The summed E-state index contributed by atoms with van der Waals surface area (Å²) < 4.78 is 5.68. The van der Waals surface area contributed by atoms with Crippen LogP contribution in [0.5, 0.6) is 0 Å². The van der Waals surface area contributed by atoms with Gasteiger partial charge in [-0.05, 0) is 33.2 Å². The van der Waals surface area contributed by atoms with E-state index in [1.807, 2.05) is 13.8 Å². The number of hydrogen-bond donors (Lipinski definition) is 2. The first-order chi connectivity index (χ1) is 7.63. The second kappa shape index (κ2) is 6.86. The van der Waals surface area contributed by atoms with Gasteiger partial charge in [-0.1, -0.05) is 13.3 Å². The molecule has 0 aliphatic carbocycles. The summed E-state index contributed by atoms with van der Waals surface area (Å²) in [4.78, 5) is 11.8. The summed E-state index contributed by atoms with van der Waals surface area (Å²) in [5, 5.41) is 6.19.